The van der Waals surface area contributed by atoms with Gasteiger partial charge in [0.15, 0.2) is 11.6 Å². The number of piperidine rings is 1. The monoisotopic (exact) mass is 365 g/mol. The summed E-state index contributed by atoms with van der Waals surface area (Å²) in [5, 5.41) is 0. The molecule has 140 valence electrons. The molecule has 26 heavy (non-hydrogen) atoms. The predicted molar refractivity (Wildman–Crippen MR) is 93.0 cm³/mol. The standard InChI is InChI=1S/C20H22F3NO2/c21-17-8-2-4-10-19(17)25-14-15-6-5-11-24(12-15)13-16-7-1-3-9-18(16)26-20(22)23/h1-4,7-10,15,20H,5-6,11-14H2/t15-/m1/s1. The van der Waals surface area contributed by atoms with Crippen molar-refractivity contribution < 1.29 is 22.6 Å². The number of benzene rings is 2. The fourth-order valence-electron chi connectivity index (χ4n) is 3.29. The van der Waals surface area contributed by atoms with Gasteiger partial charge in [-0.1, -0.05) is 30.3 Å². The zero-order chi connectivity index (χ0) is 18.4. The average molecular weight is 365 g/mol. The summed E-state index contributed by atoms with van der Waals surface area (Å²) >= 11 is 0. The zero-order valence-corrected chi connectivity index (χ0v) is 14.4. The van der Waals surface area contributed by atoms with Gasteiger partial charge < -0.3 is 9.47 Å². The van der Waals surface area contributed by atoms with Gasteiger partial charge in [0.25, 0.3) is 0 Å². The molecule has 1 aliphatic rings. The van der Waals surface area contributed by atoms with Crippen LogP contribution in [0.5, 0.6) is 11.5 Å². The molecule has 2 aromatic rings. The van der Waals surface area contributed by atoms with E-state index in [9.17, 15) is 13.2 Å². The Kier molecular flexibility index (Phi) is 6.39. The highest BCUT2D eigenvalue weighted by atomic mass is 19.3. The number of halogens is 3. The van der Waals surface area contributed by atoms with Crippen LogP contribution in [-0.2, 0) is 6.54 Å². The van der Waals surface area contributed by atoms with Crippen molar-refractivity contribution in [2.75, 3.05) is 19.7 Å². The summed E-state index contributed by atoms with van der Waals surface area (Å²) in [6, 6.07) is 13.2. The van der Waals surface area contributed by atoms with E-state index in [4.69, 9.17) is 4.74 Å². The highest BCUT2D eigenvalue weighted by Crippen LogP contribution is 2.25. The fourth-order valence-corrected chi connectivity index (χ4v) is 3.29. The minimum atomic E-state index is -2.83. The molecule has 0 aliphatic carbocycles. The molecular weight excluding hydrogens is 343 g/mol. The second-order valence-electron chi connectivity index (χ2n) is 6.47. The van der Waals surface area contributed by atoms with E-state index in [0.29, 0.717) is 13.2 Å². The number of hydrogen-bond donors (Lipinski definition) is 0. The average Bonchev–Trinajstić information content (AvgIpc) is 2.63. The van der Waals surface area contributed by atoms with E-state index in [-0.39, 0.29) is 23.2 Å². The first-order valence-electron chi connectivity index (χ1n) is 8.74. The first-order chi connectivity index (χ1) is 12.6. The van der Waals surface area contributed by atoms with Gasteiger partial charge >= 0.3 is 6.61 Å². The number of rotatable bonds is 7. The largest absolute Gasteiger partial charge is 0.490 e. The van der Waals surface area contributed by atoms with E-state index in [1.165, 1.54) is 6.07 Å². The molecule has 0 radical (unpaired) electrons. The molecule has 1 atom stereocenters. The van der Waals surface area contributed by atoms with Crippen molar-refractivity contribution in [2.24, 2.45) is 5.92 Å². The molecule has 1 aliphatic heterocycles. The molecule has 1 saturated heterocycles. The Hall–Kier alpha value is -2.21. The van der Waals surface area contributed by atoms with E-state index in [1.54, 1.807) is 36.4 Å². The Morgan fingerprint density at radius 3 is 2.54 bits per heavy atom. The lowest BCUT2D eigenvalue weighted by atomic mass is 9.98. The first-order valence-corrected chi connectivity index (χ1v) is 8.74. The number of ether oxygens (including phenoxy) is 2. The molecule has 3 rings (SSSR count). The van der Waals surface area contributed by atoms with E-state index in [1.807, 2.05) is 6.07 Å². The van der Waals surface area contributed by atoms with Crippen molar-refractivity contribution in [2.45, 2.75) is 26.0 Å². The van der Waals surface area contributed by atoms with Crippen molar-refractivity contribution >= 4 is 0 Å². The highest BCUT2D eigenvalue weighted by Gasteiger charge is 2.22. The molecule has 2 aromatic carbocycles. The normalized spacial score (nSPS) is 18.1. The Balaban J connectivity index is 1.56. The van der Waals surface area contributed by atoms with E-state index in [0.717, 1.165) is 31.5 Å². The van der Waals surface area contributed by atoms with Gasteiger partial charge in [0, 0.05) is 24.6 Å². The molecule has 0 spiro atoms. The van der Waals surface area contributed by atoms with Crippen molar-refractivity contribution in [3.63, 3.8) is 0 Å². The lowest BCUT2D eigenvalue weighted by molar-refractivity contribution is -0.0508. The van der Waals surface area contributed by atoms with Crippen LogP contribution in [0.15, 0.2) is 48.5 Å². The molecule has 3 nitrogen and oxygen atoms in total. The van der Waals surface area contributed by atoms with Gasteiger partial charge in [-0.05, 0) is 37.6 Å². The lowest BCUT2D eigenvalue weighted by Gasteiger charge is -2.33. The molecule has 0 unspecified atom stereocenters. The first kappa shape index (κ1) is 18.6. The highest BCUT2D eigenvalue weighted by molar-refractivity contribution is 5.33. The van der Waals surface area contributed by atoms with Gasteiger partial charge in [0.2, 0.25) is 0 Å². The second-order valence-corrected chi connectivity index (χ2v) is 6.47. The third-order valence-corrected chi connectivity index (χ3v) is 4.50. The smallest absolute Gasteiger partial charge is 0.387 e. The third-order valence-electron chi connectivity index (χ3n) is 4.50. The van der Waals surface area contributed by atoms with E-state index < -0.39 is 6.61 Å². The third kappa shape index (κ3) is 5.14. The molecule has 0 aromatic heterocycles. The van der Waals surface area contributed by atoms with Gasteiger partial charge in [-0.15, -0.1) is 0 Å². The fraction of sp³-hybridized carbons (Fsp3) is 0.400. The van der Waals surface area contributed by atoms with Crippen molar-refractivity contribution in [3.8, 4) is 11.5 Å². The minimum absolute atomic E-state index is 0.215. The van der Waals surface area contributed by atoms with Crippen molar-refractivity contribution in [1.29, 1.82) is 0 Å². The summed E-state index contributed by atoms with van der Waals surface area (Å²) in [6.07, 6.45) is 1.99. The maximum Gasteiger partial charge on any atom is 0.387 e. The van der Waals surface area contributed by atoms with Gasteiger partial charge in [0.05, 0.1) is 6.61 Å². The van der Waals surface area contributed by atoms with Crippen LogP contribution in [0, 0.1) is 11.7 Å². The second kappa shape index (κ2) is 8.94. The van der Waals surface area contributed by atoms with Gasteiger partial charge in [-0.3, -0.25) is 4.90 Å². The van der Waals surface area contributed by atoms with Crippen LogP contribution < -0.4 is 9.47 Å². The van der Waals surface area contributed by atoms with E-state index >= 15 is 0 Å². The van der Waals surface area contributed by atoms with Gasteiger partial charge in [-0.2, -0.15) is 8.78 Å². The maximum atomic E-state index is 13.6. The Morgan fingerprint density at radius 2 is 1.77 bits per heavy atom. The number of para-hydroxylation sites is 2. The number of nitrogens with zero attached hydrogens (tertiary/aromatic N) is 1. The van der Waals surface area contributed by atoms with E-state index in [2.05, 4.69) is 9.64 Å². The summed E-state index contributed by atoms with van der Waals surface area (Å²) in [6.45, 7) is -0.193. The Bertz CT molecular complexity index is 711. The summed E-state index contributed by atoms with van der Waals surface area (Å²) in [7, 11) is 0. The van der Waals surface area contributed by atoms with Gasteiger partial charge in [0.1, 0.15) is 5.75 Å². The molecule has 0 amide bonds. The molecule has 0 bridgehead atoms. The van der Waals surface area contributed by atoms with Crippen LogP contribution in [-0.4, -0.2) is 31.2 Å². The number of likely N-dealkylation sites (tertiary alicyclic amines) is 1. The van der Waals surface area contributed by atoms with Crippen molar-refractivity contribution in [3.05, 3.63) is 59.9 Å². The van der Waals surface area contributed by atoms with Gasteiger partial charge in [-0.25, -0.2) is 4.39 Å². The topological polar surface area (TPSA) is 21.7 Å². The minimum Gasteiger partial charge on any atom is -0.490 e. The lowest BCUT2D eigenvalue weighted by Crippen LogP contribution is -2.37. The Morgan fingerprint density at radius 1 is 1.04 bits per heavy atom. The summed E-state index contributed by atoms with van der Waals surface area (Å²) in [5.74, 6) is 0.386. The summed E-state index contributed by atoms with van der Waals surface area (Å²) in [5.41, 5.74) is 0.739. The summed E-state index contributed by atoms with van der Waals surface area (Å²) in [4.78, 5) is 2.20. The molecule has 1 heterocycles. The quantitative estimate of drug-likeness (QED) is 0.709. The molecule has 1 fully saturated rings. The van der Waals surface area contributed by atoms with Crippen LogP contribution in [0.2, 0.25) is 0 Å². The summed E-state index contributed by atoms with van der Waals surface area (Å²) < 4.78 is 49.0. The predicted octanol–water partition coefficient (Wildman–Crippen LogP) is 4.72. The number of hydrogen-bond acceptors (Lipinski definition) is 3. The van der Waals surface area contributed by atoms with Crippen LogP contribution in [0.25, 0.3) is 0 Å². The number of alkyl halides is 2. The molecule has 0 saturated carbocycles. The molecule has 0 N–H and O–H groups in total. The van der Waals surface area contributed by atoms with Crippen LogP contribution in [0.1, 0.15) is 18.4 Å². The molecule has 6 heteroatoms. The van der Waals surface area contributed by atoms with Crippen LogP contribution >= 0.6 is 0 Å². The maximum absolute atomic E-state index is 13.6. The van der Waals surface area contributed by atoms with Crippen LogP contribution in [0.4, 0.5) is 13.2 Å². The van der Waals surface area contributed by atoms with Crippen molar-refractivity contribution in [1.82, 2.24) is 4.90 Å². The van der Waals surface area contributed by atoms with Crippen LogP contribution in [0.3, 0.4) is 0 Å². The zero-order valence-electron chi connectivity index (χ0n) is 14.4. The SMILES string of the molecule is Fc1ccccc1OC[C@@H]1CCCN(Cc2ccccc2OC(F)F)C1. The Labute approximate surface area is 151 Å². The molecular formula is C20H22F3NO2.